The molecular formula is C70H56N2. The molecule has 0 saturated heterocycles. The van der Waals surface area contributed by atoms with E-state index < -0.39 is 0 Å². The van der Waals surface area contributed by atoms with E-state index in [4.69, 9.17) is 0 Å². The van der Waals surface area contributed by atoms with Crippen LogP contribution in [-0.4, -0.2) is 0 Å². The van der Waals surface area contributed by atoms with Gasteiger partial charge in [-0.3, -0.25) is 0 Å². The molecule has 0 aliphatic heterocycles. The third-order valence-electron chi connectivity index (χ3n) is 14.6. The first kappa shape index (κ1) is 44.5. The number of aryl methyl sites for hydroxylation is 4. The fourth-order valence-corrected chi connectivity index (χ4v) is 10.7. The zero-order chi connectivity index (χ0) is 48.7. The minimum atomic E-state index is 0.978. The van der Waals surface area contributed by atoms with Gasteiger partial charge in [-0.15, -0.1) is 0 Å². The molecule has 2 nitrogen and oxygen atoms in total. The Bertz CT molecular complexity index is 3600. The van der Waals surface area contributed by atoms with E-state index in [1.54, 1.807) is 0 Å². The van der Waals surface area contributed by atoms with Crippen molar-refractivity contribution in [2.24, 2.45) is 0 Å². The molecule has 12 rings (SSSR count). The van der Waals surface area contributed by atoms with Crippen molar-refractivity contribution in [2.45, 2.75) is 40.5 Å². The molecule has 0 fully saturated rings. The number of rotatable bonds is 12. The summed E-state index contributed by atoms with van der Waals surface area (Å²) in [6.07, 6.45) is 1.96. The quantitative estimate of drug-likeness (QED) is 0.113. The van der Waals surface area contributed by atoms with Crippen LogP contribution in [0.25, 0.3) is 76.8 Å². The lowest BCUT2D eigenvalue weighted by molar-refractivity contribution is 1.14. The Morgan fingerprint density at radius 2 is 0.611 bits per heavy atom. The van der Waals surface area contributed by atoms with Crippen LogP contribution in [-0.2, 0) is 12.8 Å². The average molecular weight is 925 g/mol. The highest BCUT2D eigenvalue weighted by atomic mass is 15.1. The second-order valence-corrected chi connectivity index (χ2v) is 19.3. The van der Waals surface area contributed by atoms with Crippen LogP contribution in [0.5, 0.6) is 0 Å². The van der Waals surface area contributed by atoms with Crippen LogP contribution in [0, 0.1) is 13.8 Å². The SMILES string of the molecule is CCc1ccc(N(c2cc(-c3ccccc3)cc(-c3ccc(C)cc3)c2)c2ccc3ccc4c(N(c5ccc(CC)cc5)c5cc(-c6ccccc6)cc(-c6ccc(C)cc6)c5)ccc5ccc2c3c54)cc1. The second kappa shape index (κ2) is 18.9. The van der Waals surface area contributed by atoms with E-state index in [0.29, 0.717) is 0 Å². The van der Waals surface area contributed by atoms with Crippen molar-refractivity contribution in [3.63, 3.8) is 0 Å². The van der Waals surface area contributed by atoms with Crippen LogP contribution >= 0.6 is 0 Å². The standard InChI is InChI=1S/C70H56N2/c1-5-49-21-33-61(34-22-49)71(63-43-57(51-13-9-7-10-14-51)41-59(45-63)53-25-17-47(3)18-26-53)67-39-31-55-30-38-66-68(40-32-56-29-37-65(67)69(55)70(56)66)72(62-35-23-50(6-2)24-36-62)64-44-58(52-15-11-8-12-16-52)42-60(46-64)54-27-19-48(4)20-28-54/h7-46H,5-6H2,1-4H3. The summed E-state index contributed by atoms with van der Waals surface area (Å²) in [5, 5.41) is 7.37. The van der Waals surface area contributed by atoms with Gasteiger partial charge < -0.3 is 9.80 Å². The summed E-state index contributed by atoms with van der Waals surface area (Å²) in [6, 6.07) is 90.6. The lowest BCUT2D eigenvalue weighted by Crippen LogP contribution is -2.12. The topological polar surface area (TPSA) is 6.48 Å². The highest BCUT2D eigenvalue weighted by molar-refractivity contribution is 6.28. The van der Waals surface area contributed by atoms with Crippen LogP contribution < -0.4 is 9.80 Å². The predicted octanol–water partition coefficient (Wildman–Crippen LogP) is 19.9. The van der Waals surface area contributed by atoms with E-state index >= 15 is 0 Å². The molecule has 72 heavy (non-hydrogen) atoms. The van der Waals surface area contributed by atoms with Gasteiger partial charge in [0.1, 0.15) is 0 Å². The van der Waals surface area contributed by atoms with Crippen molar-refractivity contribution in [1.29, 1.82) is 0 Å². The van der Waals surface area contributed by atoms with Gasteiger partial charge in [0.05, 0.1) is 11.4 Å². The first-order valence-corrected chi connectivity index (χ1v) is 25.4. The largest absolute Gasteiger partial charge is 0.310 e. The summed E-state index contributed by atoms with van der Waals surface area (Å²) >= 11 is 0. The van der Waals surface area contributed by atoms with Crippen LogP contribution in [0.3, 0.4) is 0 Å². The van der Waals surface area contributed by atoms with E-state index in [-0.39, 0.29) is 0 Å². The molecule has 0 radical (unpaired) electrons. The Morgan fingerprint density at radius 1 is 0.278 bits per heavy atom. The molecule has 0 aliphatic carbocycles. The summed E-state index contributed by atoms with van der Waals surface area (Å²) in [7, 11) is 0. The molecule has 12 aromatic carbocycles. The van der Waals surface area contributed by atoms with Crippen LogP contribution in [0.2, 0.25) is 0 Å². The van der Waals surface area contributed by atoms with Crippen LogP contribution in [0.1, 0.15) is 36.1 Å². The number of hydrogen-bond donors (Lipinski definition) is 0. The maximum absolute atomic E-state index is 2.49. The monoisotopic (exact) mass is 924 g/mol. The smallest absolute Gasteiger partial charge is 0.0540 e. The number of nitrogens with zero attached hydrogens (tertiary/aromatic N) is 2. The van der Waals surface area contributed by atoms with Gasteiger partial charge >= 0.3 is 0 Å². The highest BCUT2D eigenvalue weighted by Crippen LogP contribution is 2.49. The third kappa shape index (κ3) is 8.35. The highest BCUT2D eigenvalue weighted by Gasteiger charge is 2.24. The Morgan fingerprint density at radius 3 is 0.958 bits per heavy atom. The van der Waals surface area contributed by atoms with Crippen molar-refractivity contribution in [1.82, 2.24) is 0 Å². The number of benzene rings is 12. The van der Waals surface area contributed by atoms with Gasteiger partial charge in [-0.2, -0.15) is 0 Å². The van der Waals surface area contributed by atoms with E-state index in [0.717, 1.165) is 47.0 Å². The van der Waals surface area contributed by atoms with E-state index in [9.17, 15) is 0 Å². The maximum Gasteiger partial charge on any atom is 0.0540 e. The molecule has 0 unspecified atom stereocenters. The van der Waals surface area contributed by atoms with Crippen molar-refractivity contribution in [3.8, 4) is 44.5 Å². The van der Waals surface area contributed by atoms with E-state index in [1.165, 1.54) is 99.1 Å². The number of anilines is 6. The van der Waals surface area contributed by atoms with Gasteiger partial charge in [0.25, 0.3) is 0 Å². The Hall–Kier alpha value is -8.72. The summed E-state index contributed by atoms with van der Waals surface area (Å²) in [5.41, 5.74) is 21.3. The molecule has 12 aromatic rings. The number of hydrogen-bond acceptors (Lipinski definition) is 2. The molecular weight excluding hydrogens is 869 g/mol. The van der Waals surface area contributed by atoms with E-state index in [2.05, 4.69) is 280 Å². The van der Waals surface area contributed by atoms with Gasteiger partial charge in [0.15, 0.2) is 0 Å². The van der Waals surface area contributed by atoms with Gasteiger partial charge in [-0.1, -0.05) is 195 Å². The Balaban J connectivity index is 1.10. The first-order chi connectivity index (χ1) is 35.4. The summed E-state index contributed by atoms with van der Waals surface area (Å²) < 4.78 is 0. The van der Waals surface area contributed by atoms with Crippen molar-refractivity contribution in [2.75, 3.05) is 9.80 Å². The third-order valence-corrected chi connectivity index (χ3v) is 14.6. The van der Waals surface area contributed by atoms with Gasteiger partial charge in [-0.05, 0) is 177 Å². The zero-order valence-corrected chi connectivity index (χ0v) is 41.4. The van der Waals surface area contributed by atoms with Crippen molar-refractivity contribution in [3.05, 3.63) is 265 Å². The van der Waals surface area contributed by atoms with Gasteiger partial charge in [0.2, 0.25) is 0 Å². The summed E-state index contributed by atoms with van der Waals surface area (Å²) in [4.78, 5) is 4.97. The minimum absolute atomic E-state index is 0.978. The van der Waals surface area contributed by atoms with E-state index in [1.807, 2.05) is 0 Å². The maximum atomic E-state index is 2.49. The van der Waals surface area contributed by atoms with Crippen molar-refractivity contribution >= 4 is 66.4 Å². The summed E-state index contributed by atoms with van der Waals surface area (Å²) in [5.74, 6) is 0. The van der Waals surface area contributed by atoms with Gasteiger partial charge in [0, 0.05) is 33.5 Å². The molecule has 0 aliphatic rings. The Labute approximate surface area is 424 Å². The molecule has 346 valence electrons. The van der Waals surface area contributed by atoms with Crippen molar-refractivity contribution < 1.29 is 0 Å². The molecule has 0 saturated carbocycles. The molecule has 0 aromatic heterocycles. The fraction of sp³-hybridized carbons (Fsp3) is 0.0857. The minimum Gasteiger partial charge on any atom is -0.310 e. The molecule has 0 atom stereocenters. The fourth-order valence-electron chi connectivity index (χ4n) is 10.7. The Kier molecular flexibility index (Phi) is 11.7. The van der Waals surface area contributed by atoms with Crippen LogP contribution in [0.4, 0.5) is 34.1 Å². The second-order valence-electron chi connectivity index (χ2n) is 19.3. The molecule has 0 N–H and O–H groups in total. The van der Waals surface area contributed by atoms with Crippen LogP contribution in [0.15, 0.2) is 243 Å². The lowest BCUT2D eigenvalue weighted by Gasteiger charge is -2.30. The molecule has 0 heterocycles. The summed E-state index contributed by atoms with van der Waals surface area (Å²) in [6.45, 7) is 8.76. The zero-order valence-electron chi connectivity index (χ0n) is 41.4. The molecule has 0 bridgehead atoms. The molecule has 2 heteroatoms. The predicted molar refractivity (Wildman–Crippen MR) is 309 cm³/mol. The molecule has 0 amide bonds. The lowest BCUT2D eigenvalue weighted by atomic mass is 9.91. The molecule has 0 spiro atoms. The average Bonchev–Trinajstić information content (AvgIpc) is 3.44. The van der Waals surface area contributed by atoms with Gasteiger partial charge in [-0.25, -0.2) is 0 Å². The normalized spacial score (nSPS) is 11.4. The first-order valence-electron chi connectivity index (χ1n) is 25.4.